The Hall–Kier alpha value is 0.828. The highest BCUT2D eigenvalue weighted by Crippen LogP contribution is 1.98. The van der Waals surface area contributed by atoms with Gasteiger partial charge in [-0.3, -0.25) is 0 Å². The molecule has 1 nitrogen and oxygen atoms in total. The lowest BCUT2D eigenvalue weighted by molar-refractivity contribution is 0.873. The van der Waals surface area contributed by atoms with Crippen molar-refractivity contribution in [2.24, 2.45) is 0 Å². The van der Waals surface area contributed by atoms with Gasteiger partial charge in [-0.15, -0.1) is 0 Å². The summed E-state index contributed by atoms with van der Waals surface area (Å²) in [6.45, 7) is 10.2. The predicted molar refractivity (Wildman–Crippen MR) is 62.6 cm³/mol. The molecule has 0 radical (unpaired) electrons. The van der Waals surface area contributed by atoms with E-state index in [1.54, 1.807) is 0 Å². The van der Waals surface area contributed by atoms with Crippen molar-refractivity contribution in [1.82, 2.24) is 4.23 Å². The van der Waals surface area contributed by atoms with Crippen molar-refractivity contribution in [2.75, 3.05) is 7.05 Å². The molecule has 0 heterocycles. The Balaban J connectivity index is 3.98. The normalized spacial score (nSPS) is 12.9. The molecule has 0 aromatic rings. The van der Waals surface area contributed by atoms with Gasteiger partial charge in [0.1, 0.15) is 0 Å². The largest absolute Gasteiger partial charge is 0.362 e. The predicted octanol–water partition coefficient (Wildman–Crippen LogP) is -0.947. The zero-order valence-corrected chi connectivity index (χ0v) is 13.6. The van der Waals surface area contributed by atoms with Crippen LogP contribution in [0.25, 0.3) is 0 Å². The Kier molecular flexibility index (Phi) is 5.04. The summed E-state index contributed by atoms with van der Waals surface area (Å²) in [5, 5.41) is 0. The maximum atomic E-state index is 2.72. The second kappa shape index (κ2) is 4.65. The molecule has 0 amide bonds. The number of hydrogen-bond acceptors (Lipinski definition) is 1. The van der Waals surface area contributed by atoms with Gasteiger partial charge in [0, 0.05) is 16.6 Å². The third kappa shape index (κ3) is 3.29. The third-order valence-corrected chi connectivity index (χ3v) is 36.9. The van der Waals surface area contributed by atoms with Crippen LogP contribution >= 0.6 is 0 Å². The molecule has 5 heteroatoms. The number of hydrogen-bond donors (Lipinski definition) is 0. The molecule has 0 aliphatic heterocycles. The zero-order chi connectivity index (χ0) is 8.31. The molecule has 0 spiro atoms. The first-order chi connectivity index (χ1) is 4.46. The molecule has 0 saturated heterocycles. The average molecular weight is 208 g/mol. The molecule has 0 aromatic heterocycles. The standard InChI is InChI=1S/C5H21NSi4/c1-6(7)10(8(2)3)9(4)5/h8-10H,1-5,7H3. The van der Waals surface area contributed by atoms with Gasteiger partial charge in [0.2, 0.25) is 0 Å². The Morgan fingerprint density at radius 2 is 1.30 bits per heavy atom. The Morgan fingerprint density at radius 1 is 1.00 bits per heavy atom. The van der Waals surface area contributed by atoms with Gasteiger partial charge in [-0.2, -0.15) is 0 Å². The molecule has 0 aliphatic carbocycles. The van der Waals surface area contributed by atoms with Gasteiger partial charge in [0.25, 0.3) is 0 Å². The van der Waals surface area contributed by atoms with Crippen molar-refractivity contribution in [2.45, 2.75) is 26.2 Å². The number of rotatable bonds is 3. The van der Waals surface area contributed by atoms with E-state index in [0.717, 1.165) is 0 Å². The quantitative estimate of drug-likeness (QED) is 0.540. The van der Waals surface area contributed by atoms with Crippen LogP contribution in [0.15, 0.2) is 0 Å². The van der Waals surface area contributed by atoms with Crippen LogP contribution in [-0.4, -0.2) is 46.3 Å². The van der Waals surface area contributed by atoms with Gasteiger partial charge < -0.3 is 4.23 Å². The molecule has 0 N–H and O–H groups in total. The fraction of sp³-hybridized carbons (Fsp3) is 1.00. The van der Waals surface area contributed by atoms with Crippen LogP contribution in [0.4, 0.5) is 0 Å². The summed E-state index contributed by atoms with van der Waals surface area (Å²) in [7, 11) is 2.90. The monoisotopic (exact) mass is 207 g/mol. The minimum Gasteiger partial charge on any atom is -0.362 e. The van der Waals surface area contributed by atoms with Crippen molar-refractivity contribution in [1.29, 1.82) is 0 Å². The molecule has 0 atom stereocenters. The number of nitrogens with zero attached hydrogens (tertiary/aromatic N) is 1. The van der Waals surface area contributed by atoms with Crippen LogP contribution in [0.1, 0.15) is 0 Å². The van der Waals surface area contributed by atoms with Crippen LogP contribution in [0.5, 0.6) is 0 Å². The van der Waals surface area contributed by atoms with Gasteiger partial charge in [-0.25, -0.2) is 0 Å². The summed E-state index contributed by atoms with van der Waals surface area (Å²) in [5.41, 5.74) is 0. The van der Waals surface area contributed by atoms with E-state index >= 15 is 0 Å². The van der Waals surface area contributed by atoms with Crippen molar-refractivity contribution >= 4 is 35.0 Å². The third-order valence-electron chi connectivity index (χ3n) is 1.96. The molecule has 0 aliphatic rings. The summed E-state index contributed by atoms with van der Waals surface area (Å²) in [5.74, 6) is 0. The first kappa shape index (κ1) is 10.8. The van der Waals surface area contributed by atoms with Gasteiger partial charge in [0.15, 0.2) is 0 Å². The lowest BCUT2D eigenvalue weighted by atomic mass is 11.6. The second-order valence-electron chi connectivity index (χ2n) is 3.94. The topological polar surface area (TPSA) is 3.24 Å². The minimum atomic E-state index is -0.281. The van der Waals surface area contributed by atoms with E-state index in [1.165, 1.54) is 10.4 Å². The average Bonchev–Trinajstić information content (AvgIpc) is 1.59. The first-order valence-corrected chi connectivity index (χ1v) is 15.5. The van der Waals surface area contributed by atoms with Gasteiger partial charge in [-0.1, -0.05) is 26.2 Å². The van der Waals surface area contributed by atoms with E-state index in [9.17, 15) is 0 Å². The molecule has 0 rings (SSSR count). The summed E-state index contributed by atoms with van der Waals surface area (Å²) in [6, 6.07) is 0. The fourth-order valence-corrected chi connectivity index (χ4v) is 42.3. The van der Waals surface area contributed by atoms with E-state index in [-0.39, 0.29) is 24.6 Å². The first-order valence-electron chi connectivity index (χ1n) is 4.13. The Bertz CT molecular complexity index is 74.6. The molecular formula is C5H21NSi4. The second-order valence-corrected chi connectivity index (χ2v) is 27.8. The Labute approximate surface area is 72.8 Å². The van der Waals surface area contributed by atoms with Crippen LogP contribution in [0.3, 0.4) is 0 Å². The summed E-state index contributed by atoms with van der Waals surface area (Å²) < 4.78 is 2.72. The Morgan fingerprint density at radius 3 is 1.30 bits per heavy atom. The van der Waals surface area contributed by atoms with Crippen molar-refractivity contribution in [3.63, 3.8) is 0 Å². The molecule has 0 unspecified atom stereocenters. The summed E-state index contributed by atoms with van der Waals surface area (Å²) in [4.78, 5) is 0. The smallest absolute Gasteiger partial charge is 0.0784 e. The highest BCUT2D eigenvalue weighted by molar-refractivity contribution is 7.49. The molecule has 0 fully saturated rings. The van der Waals surface area contributed by atoms with E-state index < -0.39 is 0 Å². The highest BCUT2D eigenvalue weighted by Gasteiger charge is 2.22. The lowest BCUT2D eigenvalue weighted by Crippen LogP contribution is -2.53. The maximum absolute atomic E-state index is 2.72. The highest BCUT2D eigenvalue weighted by atomic mass is 29.6. The molecule has 10 heavy (non-hydrogen) atoms. The minimum absolute atomic E-state index is 0.240. The maximum Gasteiger partial charge on any atom is 0.0784 e. The molecule has 62 valence electrons. The lowest BCUT2D eigenvalue weighted by Gasteiger charge is -2.28. The summed E-state index contributed by atoms with van der Waals surface area (Å²) >= 11 is 0. The van der Waals surface area contributed by atoms with Crippen molar-refractivity contribution in [3.8, 4) is 0 Å². The molecule has 0 saturated carbocycles. The van der Waals surface area contributed by atoms with Gasteiger partial charge in [-0.05, 0) is 7.05 Å². The van der Waals surface area contributed by atoms with Crippen LogP contribution in [0, 0.1) is 0 Å². The molecule has 0 bridgehead atoms. The van der Waals surface area contributed by atoms with Gasteiger partial charge in [0.05, 0.1) is 18.4 Å². The molecular weight excluding hydrogens is 186 g/mol. The van der Waals surface area contributed by atoms with Crippen LogP contribution in [-0.2, 0) is 0 Å². The SMILES string of the molecule is CN([SiH3])[SiH]([SiH](C)C)[SiH](C)C. The molecule has 0 aromatic carbocycles. The fourth-order valence-electron chi connectivity index (χ4n) is 1.96. The zero-order valence-electron chi connectivity index (χ0n) is 8.18. The van der Waals surface area contributed by atoms with E-state index in [1.807, 2.05) is 0 Å². The van der Waals surface area contributed by atoms with E-state index in [4.69, 9.17) is 0 Å². The van der Waals surface area contributed by atoms with Crippen LogP contribution < -0.4 is 0 Å². The van der Waals surface area contributed by atoms with Crippen molar-refractivity contribution < 1.29 is 0 Å². The van der Waals surface area contributed by atoms with Crippen molar-refractivity contribution in [3.05, 3.63) is 0 Å². The van der Waals surface area contributed by atoms with E-state index in [0.29, 0.717) is 0 Å². The summed E-state index contributed by atoms with van der Waals surface area (Å²) in [6.07, 6.45) is 0. The van der Waals surface area contributed by atoms with Gasteiger partial charge >= 0.3 is 0 Å². The van der Waals surface area contributed by atoms with E-state index in [2.05, 4.69) is 37.5 Å². The van der Waals surface area contributed by atoms with Crippen LogP contribution in [0.2, 0.25) is 26.2 Å².